The van der Waals surface area contributed by atoms with Gasteiger partial charge in [-0.15, -0.1) is 0 Å². The number of aromatic nitrogens is 4. The topological polar surface area (TPSA) is 175 Å². The number of hydrogen-bond acceptors (Lipinski definition) is 8. The molecular weight excluding hydrogens is 725 g/mol. The molecule has 7 rings (SSSR count). The van der Waals surface area contributed by atoms with Gasteiger partial charge in [0.2, 0.25) is 11.8 Å². The minimum absolute atomic E-state index is 0.0516. The summed E-state index contributed by atoms with van der Waals surface area (Å²) in [6.45, 7) is 10.3. The van der Waals surface area contributed by atoms with Crippen LogP contribution in [0.15, 0.2) is 54.9 Å². The van der Waals surface area contributed by atoms with Crippen LogP contribution in [-0.2, 0) is 19.1 Å². The van der Waals surface area contributed by atoms with Crippen LogP contribution in [0.1, 0.15) is 89.0 Å². The summed E-state index contributed by atoms with van der Waals surface area (Å²) in [6.07, 6.45) is 7.06. The fourth-order valence-corrected chi connectivity index (χ4v) is 9.27. The molecule has 2 aromatic heterocycles. The van der Waals surface area contributed by atoms with Crippen molar-refractivity contribution in [2.24, 2.45) is 23.7 Å². The maximum absolute atomic E-state index is 13.9. The smallest absolute Gasteiger partial charge is 0.425 e. The Bertz CT molecular complexity index is 2110. The molecule has 4 aromatic rings. The molecule has 3 aliphatic rings. The second-order valence-electron chi connectivity index (χ2n) is 16.3. The SMILES string of the molecule is COC(=O)NC(C(=O)N1CCC[C@H]1c1ncc(-c2ccc(-c3ccc(-c4cnc([C@H]5C6CCC(C6)[C@@H]5C(=O)N(NC(=O)OC)C(C)C)[nH]4)cc3)c(C)c2)[nH]1)C(C)C. The third-order valence-electron chi connectivity index (χ3n) is 12.1. The molecule has 57 heavy (non-hydrogen) atoms. The average molecular weight is 779 g/mol. The van der Waals surface area contributed by atoms with Crippen LogP contribution in [0.2, 0.25) is 0 Å². The Hall–Kier alpha value is -5.66. The van der Waals surface area contributed by atoms with Gasteiger partial charge in [-0.25, -0.2) is 30.0 Å². The molecule has 2 aromatic carbocycles. The highest BCUT2D eigenvalue weighted by atomic mass is 16.5. The Labute approximate surface area is 333 Å². The van der Waals surface area contributed by atoms with E-state index in [1.807, 2.05) is 45.0 Å². The number of imidazole rings is 2. The molecule has 2 aliphatic carbocycles. The first-order valence-electron chi connectivity index (χ1n) is 20.0. The molecule has 3 unspecified atom stereocenters. The second kappa shape index (κ2) is 16.4. The minimum Gasteiger partial charge on any atom is -0.453 e. The molecule has 0 spiro atoms. The minimum atomic E-state index is -0.689. The number of H-pyrrole nitrogens is 2. The molecule has 14 nitrogen and oxygen atoms in total. The number of alkyl carbamates (subject to hydrolysis) is 1. The quantitative estimate of drug-likeness (QED) is 0.123. The van der Waals surface area contributed by atoms with E-state index in [0.717, 1.165) is 83.0 Å². The Kier molecular flexibility index (Phi) is 11.4. The highest BCUT2D eigenvalue weighted by Crippen LogP contribution is 2.56. The van der Waals surface area contributed by atoms with Crippen LogP contribution in [0.4, 0.5) is 9.59 Å². The number of nitrogens with one attached hydrogen (secondary N) is 4. The van der Waals surface area contributed by atoms with Crippen molar-refractivity contribution in [2.75, 3.05) is 20.8 Å². The van der Waals surface area contributed by atoms with E-state index in [4.69, 9.17) is 19.4 Å². The number of carbonyl (C=O) groups is 4. The van der Waals surface area contributed by atoms with Gasteiger partial charge in [-0.1, -0.05) is 50.2 Å². The summed E-state index contributed by atoms with van der Waals surface area (Å²) in [4.78, 5) is 70.0. The van der Waals surface area contributed by atoms with E-state index in [9.17, 15) is 19.2 Å². The lowest BCUT2D eigenvalue weighted by Gasteiger charge is -2.35. The maximum atomic E-state index is 13.9. The monoisotopic (exact) mass is 778 g/mol. The van der Waals surface area contributed by atoms with Crippen molar-refractivity contribution in [1.29, 1.82) is 0 Å². The van der Waals surface area contributed by atoms with Crippen LogP contribution in [-0.4, -0.2) is 86.7 Å². The van der Waals surface area contributed by atoms with Gasteiger partial charge >= 0.3 is 12.2 Å². The van der Waals surface area contributed by atoms with E-state index in [1.165, 1.54) is 19.2 Å². The Morgan fingerprint density at radius 3 is 2.12 bits per heavy atom. The highest BCUT2D eigenvalue weighted by molar-refractivity contribution is 5.86. The van der Waals surface area contributed by atoms with Gasteiger partial charge in [0, 0.05) is 18.5 Å². The number of methoxy groups -OCH3 is 2. The first kappa shape index (κ1) is 39.6. The normalized spacial score (nSPS) is 21.8. The number of rotatable bonds is 10. The van der Waals surface area contributed by atoms with Crippen LogP contribution < -0.4 is 10.7 Å². The molecule has 3 fully saturated rings. The number of carbonyl (C=O) groups excluding carboxylic acids is 4. The number of hydrogen-bond donors (Lipinski definition) is 4. The summed E-state index contributed by atoms with van der Waals surface area (Å²) in [6, 6.07) is 13.6. The molecule has 0 radical (unpaired) electrons. The van der Waals surface area contributed by atoms with Gasteiger partial charge in [0.05, 0.1) is 50.0 Å². The van der Waals surface area contributed by atoms with Crippen molar-refractivity contribution in [3.05, 3.63) is 72.1 Å². The molecule has 1 aliphatic heterocycles. The molecular formula is C43H54N8O6. The predicted molar refractivity (Wildman–Crippen MR) is 214 cm³/mol. The highest BCUT2D eigenvalue weighted by Gasteiger charge is 2.54. The van der Waals surface area contributed by atoms with Crippen LogP contribution >= 0.6 is 0 Å². The molecule has 6 atom stereocenters. The number of ether oxygens (including phenoxy) is 2. The first-order valence-corrected chi connectivity index (χ1v) is 20.0. The van der Waals surface area contributed by atoms with Gasteiger partial charge < -0.3 is 29.7 Å². The molecule has 4 N–H and O–H groups in total. The van der Waals surface area contributed by atoms with Crippen LogP contribution in [0.5, 0.6) is 0 Å². The molecule has 3 heterocycles. The lowest BCUT2D eigenvalue weighted by Crippen LogP contribution is -2.53. The van der Waals surface area contributed by atoms with Gasteiger partial charge in [0.1, 0.15) is 17.7 Å². The zero-order valence-electron chi connectivity index (χ0n) is 33.8. The third kappa shape index (κ3) is 7.86. The number of hydrazine groups is 1. The van der Waals surface area contributed by atoms with Crippen LogP contribution in [0, 0.1) is 30.6 Å². The van der Waals surface area contributed by atoms with Gasteiger partial charge in [-0.2, -0.15) is 0 Å². The number of aryl methyl sites for hydroxylation is 1. The third-order valence-corrected chi connectivity index (χ3v) is 12.1. The molecule has 2 bridgehead atoms. The summed E-state index contributed by atoms with van der Waals surface area (Å²) < 4.78 is 9.56. The van der Waals surface area contributed by atoms with E-state index >= 15 is 0 Å². The zero-order chi connectivity index (χ0) is 40.5. The average Bonchev–Trinajstić information content (AvgIpc) is 4.06. The fourth-order valence-electron chi connectivity index (χ4n) is 9.27. The number of aromatic amines is 2. The number of fused-ring (bicyclic) bond motifs is 2. The predicted octanol–water partition coefficient (Wildman–Crippen LogP) is 7.12. The lowest BCUT2D eigenvalue weighted by atomic mass is 9.78. The number of benzene rings is 2. The van der Waals surface area contributed by atoms with E-state index < -0.39 is 18.2 Å². The molecule has 1 saturated heterocycles. The standard InChI is InChI=1S/C43H54N8O6/c1-23(2)37(48-42(54)56-6)41(53)50-18-8-9-34(50)38-44-22-33(46-38)28-16-17-31(25(5)19-28)26-10-12-27(13-11-26)32-21-45-39(47-32)35-29-14-15-30(20-29)36(35)40(52)51(24(3)4)49-43(55)57-7/h10-13,16-17,19,21-24,29-30,34-37H,8-9,14-15,18,20H2,1-7H3,(H,44,46)(H,45,47)(H,48,54)(H,49,55)/t29?,30?,34-,35-,36-,37?/m0/s1. The van der Waals surface area contributed by atoms with Crippen molar-refractivity contribution in [2.45, 2.75) is 90.8 Å². The van der Waals surface area contributed by atoms with Gasteiger partial charge in [0.15, 0.2) is 0 Å². The summed E-state index contributed by atoms with van der Waals surface area (Å²) in [5.41, 5.74) is 9.69. The molecule has 14 heteroatoms. The van der Waals surface area contributed by atoms with Crippen molar-refractivity contribution in [3.8, 4) is 33.6 Å². The second-order valence-corrected chi connectivity index (χ2v) is 16.3. The Balaban J connectivity index is 1.04. The van der Waals surface area contributed by atoms with Crippen molar-refractivity contribution >= 4 is 24.0 Å². The summed E-state index contributed by atoms with van der Waals surface area (Å²) >= 11 is 0. The molecule has 2 saturated carbocycles. The summed E-state index contributed by atoms with van der Waals surface area (Å²) in [5.74, 6) is 1.49. The summed E-state index contributed by atoms with van der Waals surface area (Å²) in [7, 11) is 2.58. The van der Waals surface area contributed by atoms with Gasteiger partial charge in [0.25, 0.3) is 0 Å². The number of likely N-dealkylation sites (tertiary alicyclic amines) is 1. The zero-order valence-corrected chi connectivity index (χ0v) is 33.8. The number of nitrogens with zero attached hydrogens (tertiary/aromatic N) is 4. The van der Waals surface area contributed by atoms with Crippen molar-refractivity contribution < 1.29 is 28.7 Å². The fraction of sp³-hybridized carbons (Fsp3) is 0.488. The molecule has 4 amide bonds. The molecule has 302 valence electrons. The Morgan fingerprint density at radius 1 is 0.825 bits per heavy atom. The van der Waals surface area contributed by atoms with Crippen molar-refractivity contribution in [1.82, 2.24) is 40.6 Å². The largest absolute Gasteiger partial charge is 0.453 e. The maximum Gasteiger partial charge on any atom is 0.425 e. The number of amides is 4. The van der Waals surface area contributed by atoms with Crippen molar-refractivity contribution in [3.63, 3.8) is 0 Å². The first-order chi connectivity index (χ1) is 27.4. The van der Waals surface area contributed by atoms with E-state index in [2.05, 4.69) is 70.1 Å². The van der Waals surface area contributed by atoms with Crippen LogP contribution in [0.25, 0.3) is 33.6 Å². The van der Waals surface area contributed by atoms with E-state index in [1.54, 1.807) is 0 Å². The van der Waals surface area contributed by atoms with E-state index in [-0.39, 0.29) is 47.6 Å². The van der Waals surface area contributed by atoms with E-state index in [0.29, 0.717) is 12.5 Å². The lowest BCUT2D eigenvalue weighted by molar-refractivity contribution is -0.143. The van der Waals surface area contributed by atoms with Gasteiger partial charge in [-0.3, -0.25) is 9.59 Å². The van der Waals surface area contributed by atoms with Gasteiger partial charge in [-0.05, 0) is 105 Å². The Morgan fingerprint density at radius 2 is 1.46 bits per heavy atom. The summed E-state index contributed by atoms with van der Waals surface area (Å²) in [5, 5.41) is 4.12. The van der Waals surface area contributed by atoms with Crippen LogP contribution in [0.3, 0.4) is 0 Å².